The van der Waals surface area contributed by atoms with Crippen molar-refractivity contribution in [3.8, 4) is 0 Å². The van der Waals surface area contributed by atoms with E-state index in [0.717, 1.165) is 40.9 Å². The van der Waals surface area contributed by atoms with Crippen molar-refractivity contribution in [2.24, 2.45) is 0 Å². The van der Waals surface area contributed by atoms with Crippen molar-refractivity contribution in [3.63, 3.8) is 0 Å². The Labute approximate surface area is 185 Å². The maximum Gasteiger partial charge on any atom is 0.240 e. The van der Waals surface area contributed by atoms with Gasteiger partial charge in [-0.05, 0) is 49.5 Å². The second kappa shape index (κ2) is 10.1. The Bertz CT molecular complexity index is 1110. The van der Waals surface area contributed by atoms with Crippen molar-refractivity contribution >= 4 is 37.9 Å². The molecule has 0 aliphatic heterocycles. The lowest BCUT2D eigenvalue weighted by atomic mass is 10.1. The van der Waals surface area contributed by atoms with Gasteiger partial charge in [-0.3, -0.25) is 0 Å². The van der Waals surface area contributed by atoms with Crippen molar-refractivity contribution in [2.75, 3.05) is 50.5 Å². The number of likely N-dealkylation sites (N-methyl/N-ethyl adjacent to an activating group) is 1. The average molecular weight is 441 g/mol. The fourth-order valence-corrected chi connectivity index (χ4v) is 4.65. The number of hydrogen-bond donors (Lipinski definition) is 2. The van der Waals surface area contributed by atoms with Gasteiger partial charge in [0.25, 0.3) is 0 Å². The van der Waals surface area contributed by atoms with Crippen LogP contribution in [0.4, 0.5) is 17.1 Å². The Balaban J connectivity index is 1.75. The minimum absolute atomic E-state index is 0.269. The van der Waals surface area contributed by atoms with Crippen molar-refractivity contribution in [3.05, 3.63) is 60.7 Å². The average Bonchev–Trinajstić information content (AvgIpc) is 2.77. The van der Waals surface area contributed by atoms with Crippen LogP contribution in [0.1, 0.15) is 13.8 Å². The van der Waals surface area contributed by atoms with E-state index in [1.54, 1.807) is 24.3 Å². The van der Waals surface area contributed by atoms with Gasteiger partial charge in [-0.25, -0.2) is 13.1 Å². The fourth-order valence-electron chi connectivity index (χ4n) is 3.63. The van der Waals surface area contributed by atoms with Crippen LogP contribution in [0.15, 0.2) is 65.6 Å². The summed E-state index contributed by atoms with van der Waals surface area (Å²) in [6.07, 6.45) is 0. The van der Waals surface area contributed by atoms with E-state index < -0.39 is 10.0 Å². The number of anilines is 3. The van der Waals surface area contributed by atoms with Crippen molar-refractivity contribution in [1.82, 2.24) is 9.62 Å². The first-order valence-electron chi connectivity index (χ1n) is 10.6. The van der Waals surface area contributed by atoms with Crippen molar-refractivity contribution in [1.29, 1.82) is 0 Å². The fraction of sp³-hybridized carbons (Fsp3) is 0.333. The molecule has 31 heavy (non-hydrogen) atoms. The third-order valence-corrected chi connectivity index (χ3v) is 6.92. The van der Waals surface area contributed by atoms with Gasteiger partial charge in [0.05, 0.1) is 4.90 Å². The van der Waals surface area contributed by atoms with Crippen LogP contribution in [0.2, 0.25) is 0 Å². The SMILES string of the molecule is CCN(CC)CCNS(=O)(=O)c1ccc(Nc2cccc3c(N(C)C)cccc23)cc1. The van der Waals surface area contributed by atoms with Crippen molar-refractivity contribution < 1.29 is 8.42 Å². The van der Waals surface area contributed by atoms with Gasteiger partial charge in [-0.15, -0.1) is 0 Å². The summed E-state index contributed by atoms with van der Waals surface area (Å²) in [4.78, 5) is 4.55. The Hall–Kier alpha value is -2.61. The van der Waals surface area contributed by atoms with Crippen LogP contribution >= 0.6 is 0 Å². The quantitative estimate of drug-likeness (QED) is 0.493. The molecule has 0 saturated carbocycles. The molecule has 0 atom stereocenters. The molecule has 0 fully saturated rings. The summed E-state index contributed by atoms with van der Waals surface area (Å²) < 4.78 is 27.9. The third kappa shape index (κ3) is 5.55. The predicted octanol–water partition coefficient (Wildman–Crippen LogP) is 4.27. The van der Waals surface area contributed by atoms with Gasteiger partial charge in [0.15, 0.2) is 0 Å². The first-order valence-corrected chi connectivity index (χ1v) is 12.1. The second-order valence-corrected chi connectivity index (χ2v) is 9.41. The molecule has 2 N–H and O–H groups in total. The summed E-state index contributed by atoms with van der Waals surface area (Å²) >= 11 is 0. The van der Waals surface area contributed by atoms with Gasteiger partial charge in [-0.2, -0.15) is 0 Å². The van der Waals surface area contributed by atoms with Gasteiger partial charge in [0.2, 0.25) is 10.0 Å². The number of benzene rings is 3. The van der Waals surface area contributed by atoms with E-state index in [-0.39, 0.29) is 4.90 Å². The highest BCUT2D eigenvalue weighted by molar-refractivity contribution is 7.89. The predicted molar refractivity (Wildman–Crippen MR) is 131 cm³/mol. The first kappa shape index (κ1) is 23.1. The smallest absolute Gasteiger partial charge is 0.240 e. The maximum atomic E-state index is 12.6. The summed E-state index contributed by atoms with van der Waals surface area (Å²) in [6, 6.07) is 19.3. The maximum absolute atomic E-state index is 12.6. The summed E-state index contributed by atoms with van der Waals surface area (Å²) in [7, 11) is 0.542. The minimum Gasteiger partial charge on any atom is -0.377 e. The van der Waals surface area contributed by atoms with E-state index >= 15 is 0 Å². The van der Waals surface area contributed by atoms with Crippen LogP contribution in [-0.2, 0) is 10.0 Å². The zero-order chi connectivity index (χ0) is 22.4. The zero-order valence-electron chi connectivity index (χ0n) is 18.7. The Morgan fingerprint density at radius 1 is 0.839 bits per heavy atom. The van der Waals surface area contributed by atoms with Gasteiger partial charge < -0.3 is 15.1 Å². The second-order valence-electron chi connectivity index (χ2n) is 7.65. The highest BCUT2D eigenvalue weighted by Gasteiger charge is 2.14. The molecule has 0 bridgehead atoms. The number of fused-ring (bicyclic) bond motifs is 1. The van der Waals surface area contributed by atoms with E-state index in [4.69, 9.17) is 0 Å². The largest absolute Gasteiger partial charge is 0.377 e. The lowest BCUT2D eigenvalue weighted by molar-refractivity contribution is 0.309. The van der Waals surface area contributed by atoms with Crippen LogP contribution in [-0.4, -0.2) is 53.6 Å². The molecule has 0 radical (unpaired) electrons. The summed E-state index contributed by atoms with van der Waals surface area (Å²) in [5.74, 6) is 0. The summed E-state index contributed by atoms with van der Waals surface area (Å²) in [5, 5.41) is 5.70. The Morgan fingerprint density at radius 3 is 2.13 bits per heavy atom. The molecule has 166 valence electrons. The van der Waals surface area contributed by atoms with Crippen LogP contribution in [0.3, 0.4) is 0 Å². The third-order valence-electron chi connectivity index (χ3n) is 5.44. The molecule has 6 nitrogen and oxygen atoms in total. The number of hydrogen-bond acceptors (Lipinski definition) is 5. The van der Waals surface area contributed by atoms with E-state index in [2.05, 4.69) is 51.9 Å². The molecule has 0 heterocycles. The lowest BCUT2D eigenvalue weighted by Crippen LogP contribution is -2.34. The molecule has 0 unspecified atom stereocenters. The molecule has 0 spiro atoms. The zero-order valence-corrected chi connectivity index (χ0v) is 19.5. The monoisotopic (exact) mass is 440 g/mol. The van der Waals surface area contributed by atoms with Crippen LogP contribution in [0, 0.1) is 0 Å². The van der Waals surface area contributed by atoms with Crippen LogP contribution in [0.5, 0.6) is 0 Å². The number of rotatable bonds is 10. The first-order chi connectivity index (χ1) is 14.9. The summed E-state index contributed by atoms with van der Waals surface area (Å²) in [5.41, 5.74) is 2.97. The lowest BCUT2D eigenvalue weighted by Gasteiger charge is -2.18. The van der Waals surface area contributed by atoms with E-state index in [1.807, 2.05) is 32.3 Å². The number of sulfonamides is 1. The highest BCUT2D eigenvalue weighted by atomic mass is 32.2. The molecule has 0 aliphatic rings. The Morgan fingerprint density at radius 2 is 1.48 bits per heavy atom. The van der Waals surface area contributed by atoms with Crippen molar-refractivity contribution in [2.45, 2.75) is 18.7 Å². The molecule has 3 rings (SSSR count). The van der Waals surface area contributed by atoms with Gasteiger partial charge in [0, 0.05) is 55.0 Å². The molecule has 3 aromatic carbocycles. The molecule has 0 amide bonds. The molecule has 3 aromatic rings. The highest BCUT2D eigenvalue weighted by Crippen LogP contribution is 2.32. The number of nitrogens with one attached hydrogen (secondary N) is 2. The molecular weight excluding hydrogens is 408 g/mol. The van der Waals surface area contributed by atoms with Crippen LogP contribution in [0.25, 0.3) is 10.8 Å². The van der Waals surface area contributed by atoms with E-state index in [0.29, 0.717) is 13.1 Å². The topological polar surface area (TPSA) is 64.7 Å². The molecular formula is C24H32N4O2S. The van der Waals surface area contributed by atoms with Gasteiger partial charge in [0.1, 0.15) is 0 Å². The molecule has 0 saturated heterocycles. The van der Waals surface area contributed by atoms with Gasteiger partial charge in [-0.1, -0.05) is 38.1 Å². The van der Waals surface area contributed by atoms with E-state index in [1.165, 1.54) is 0 Å². The van der Waals surface area contributed by atoms with Gasteiger partial charge >= 0.3 is 0 Å². The summed E-state index contributed by atoms with van der Waals surface area (Å²) in [6.45, 7) is 7.05. The molecule has 7 heteroatoms. The van der Waals surface area contributed by atoms with Crippen LogP contribution < -0.4 is 14.9 Å². The number of nitrogens with zero attached hydrogens (tertiary/aromatic N) is 2. The normalized spacial score (nSPS) is 11.8. The Kier molecular flexibility index (Phi) is 7.54. The molecule has 0 aliphatic carbocycles. The molecule has 0 aromatic heterocycles. The minimum atomic E-state index is -3.52. The van der Waals surface area contributed by atoms with E-state index in [9.17, 15) is 8.42 Å². The standard InChI is InChI=1S/C24H32N4O2S/c1-5-28(6-2)18-17-25-31(29,30)20-15-13-19(14-16-20)26-23-11-7-10-22-21(23)9-8-12-24(22)27(3)4/h7-16,25-26H,5-6,17-18H2,1-4H3.